The van der Waals surface area contributed by atoms with E-state index in [2.05, 4.69) is 10.3 Å². The fourth-order valence-electron chi connectivity index (χ4n) is 2.27. The molecule has 24 heavy (non-hydrogen) atoms. The van der Waals surface area contributed by atoms with Crippen molar-refractivity contribution in [1.29, 1.82) is 0 Å². The molecule has 0 unspecified atom stereocenters. The minimum absolute atomic E-state index is 0.0565. The minimum atomic E-state index is -0.471. The number of benzene rings is 2. The van der Waals surface area contributed by atoms with Gasteiger partial charge in [-0.15, -0.1) is 0 Å². The maximum Gasteiger partial charge on any atom is 0.292 e. The van der Waals surface area contributed by atoms with Crippen LogP contribution in [-0.4, -0.2) is 15.0 Å². The molecule has 0 saturated carbocycles. The molecule has 0 amide bonds. The number of anilines is 1. The average Bonchev–Trinajstić information content (AvgIpc) is 3.09. The Labute approximate surface area is 137 Å². The van der Waals surface area contributed by atoms with E-state index in [1.807, 2.05) is 30.3 Å². The maximum absolute atomic E-state index is 11.1. The Bertz CT molecular complexity index is 846. The minimum Gasteiger partial charge on any atom is -0.444 e. The van der Waals surface area contributed by atoms with Crippen LogP contribution in [0.25, 0.3) is 11.5 Å². The van der Waals surface area contributed by atoms with Crippen LogP contribution in [0.4, 0.5) is 11.4 Å². The zero-order valence-electron chi connectivity index (χ0n) is 12.7. The van der Waals surface area contributed by atoms with Crippen molar-refractivity contribution in [3.8, 4) is 11.5 Å². The third-order valence-electron chi connectivity index (χ3n) is 3.47. The SMILES string of the molecule is O=[N+]([O-])c1ccc(CO)cc1NCc1coc(-c2ccccc2)n1. The molecule has 122 valence electrons. The van der Waals surface area contributed by atoms with Gasteiger partial charge in [0.25, 0.3) is 5.69 Å². The summed E-state index contributed by atoms with van der Waals surface area (Å²) in [6.07, 6.45) is 1.51. The van der Waals surface area contributed by atoms with Gasteiger partial charge >= 0.3 is 0 Å². The van der Waals surface area contributed by atoms with Crippen molar-refractivity contribution in [2.24, 2.45) is 0 Å². The van der Waals surface area contributed by atoms with Crippen LogP contribution in [0.2, 0.25) is 0 Å². The van der Waals surface area contributed by atoms with Crippen LogP contribution in [0, 0.1) is 10.1 Å². The zero-order chi connectivity index (χ0) is 16.9. The summed E-state index contributed by atoms with van der Waals surface area (Å²) in [5.41, 5.74) is 2.34. The Morgan fingerprint density at radius 3 is 2.71 bits per heavy atom. The van der Waals surface area contributed by atoms with Crippen LogP contribution in [-0.2, 0) is 13.2 Å². The number of nitro groups is 1. The van der Waals surface area contributed by atoms with Gasteiger partial charge in [-0.2, -0.15) is 0 Å². The Morgan fingerprint density at radius 2 is 2.00 bits per heavy atom. The topological polar surface area (TPSA) is 101 Å². The van der Waals surface area contributed by atoms with E-state index >= 15 is 0 Å². The van der Waals surface area contributed by atoms with Crippen molar-refractivity contribution in [3.63, 3.8) is 0 Å². The number of aliphatic hydroxyl groups is 1. The number of nitrogens with one attached hydrogen (secondary N) is 1. The highest BCUT2D eigenvalue weighted by Gasteiger charge is 2.14. The van der Waals surface area contributed by atoms with E-state index in [1.54, 1.807) is 6.07 Å². The van der Waals surface area contributed by atoms with Crippen molar-refractivity contribution in [2.45, 2.75) is 13.2 Å². The number of hydrogen-bond acceptors (Lipinski definition) is 6. The number of aromatic nitrogens is 1. The highest BCUT2D eigenvalue weighted by atomic mass is 16.6. The molecule has 0 aliphatic heterocycles. The lowest BCUT2D eigenvalue weighted by atomic mass is 10.2. The molecule has 0 spiro atoms. The lowest BCUT2D eigenvalue weighted by Crippen LogP contribution is -2.04. The first kappa shape index (κ1) is 15.7. The monoisotopic (exact) mass is 325 g/mol. The summed E-state index contributed by atoms with van der Waals surface area (Å²) in [6, 6.07) is 13.9. The molecule has 2 aromatic carbocycles. The van der Waals surface area contributed by atoms with Gasteiger partial charge in [-0.3, -0.25) is 10.1 Å². The van der Waals surface area contributed by atoms with E-state index in [1.165, 1.54) is 18.4 Å². The molecule has 1 aromatic heterocycles. The second-order valence-corrected chi connectivity index (χ2v) is 5.13. The molecule has 0 saturated heterocycles. The van der Waals surface area contributed by atoms with Gasteiger partial charge in [0.1, 0.15) is 12.0 Å². The number of oxazole rings is 1. The predicted octanol–water partition coefficient (Wildman–Crippen LogP) is 3.35. The molecule has 3 rings (SSSR count). The lowest BCUT2D eigenvalue weighted by molar-refractivity contribution is -0.384. The van der Waals surface area contributed by atoms with Crippen LogP contribution in [0.15, 0.2) is 59.2 Å². The van der Waals surface area contributed by atoms with Crippen molar-refractivity contribution in [3.05, 3.63) is 76.2 Å². The third kappa shape index (κ3) is 3.41. The predicted molar refractivity (Wildman–Crippen MR) is 88.3 cm³/mol. The standard InChI is InChI=1S/C17H15N3O4/c21-10-12-6-7-16(20(22)23)15(8-12)18-9-14-11-24-17(19-14)13-4-2-1-3-5-13/h1-8,11,18,21H,9-10H2. The van der Waals surface area contributed by atoms with Gasteiger partial charge in [0.05, 0.1) is 23.8 Å². The Kier molecular flexibility index (Phi) is 4.53. The molecule has 2 N–H and O–H groups in total. The first-order valence-corrected chi connectivity index (χ1v) is 7.29. The van der Waals surface area contributed by atoms with E-state index in [-0.39, 0.29) is 18.8 Å². The second kappa shape index (κ2) is 6.93. The van der Waals surface area contributed by atoms with Crippen LogP contribution < -0.4 is 5.32 Å². The Morgan fingerprint density at radius 1 is 1.21 bits per heavy atom. The number of rotatable bonds is 6. The molecule has 3 aromatic rings. The lowest BCUT2D eigenvalue weighted by Gasteiger charge is -2.07. The molecule has 7 nitrogen and oxygen atoms in total. The molecule has 0 atom stereocenters. The summed E-state index contributed by atoms with van der Waals surface area (Å²) in [4.78, 5) is 15.0. The number of nitro benzene ring substituents is 1. The summed E-state index contributed by atoms with van der Waals surface area (Å²) in [6.45, 7) is 0.0842. The van der Waals surface area contributed by atoms with Gasteiger partial charge in [0.2, 0.25) is 5.89 Å². The van der Waals surface area contributed by atoms with E-state index in [0.29, 0.717) is 22.8 Å². The summed E-state index contributed by atoms with van der Waals surface area (Å²) in [5.74, 6) is 0.492. The zero-order valence-corrected chi connectivity index (χ0v) is 12.7. The van der Waals surface area contributed by atoms with Gasteiger partial charge in [-0.25, -0.2) is 4.98 Å². The van der Waals surface area contributed by atoms with Crippen molar-refractivity contribution >= 4 is 11.4 Å². The first-order valence-electron chi connectivity index (χ1n) is 7.29. The number of aliphatic hydroxyl groups excluding tert-OH is 1. The Balaban J connectivity index is 1.77. The summed E-state index contributed by atoms with van der Waals surface area (Å²) in [7, 11) is 0. The fraction of sp³-hybridized carbons (Fsp3) is 0.118. The van der Waals surface area contributed by atoms with Crippen molar-refractivity contribution < 1.29 is 14.4 Å². The first-order chi connectivity index (χ1) is 11.7. The summed E-state index contributed by atoms with van der Waals surface area (Å²) >= 11 is 0. The molecule has 1 heterocycles. The van der Waals surface area contributed by atoms with Crippen molar-refractivity contribution in [2.75, 3.05) is 5.32 Å². The highest BCUT2D eigenvalue weighted by molar-refractivity contribution is 5.63. The van der Waals surface area contributed by atoms with Gasteiger partial charge in [0, 0.05) is 11.6 Å². The van der Waals surface area contributed by atoms with Gasteiger partial charge in [-0.05, 0) is 29.8 Å². The summed E-state index contributed by atoms with van der Waals surface area (Å²) in [5, 5.41) is 23.2. The second-order valence-electron chi connectivity index (χ2n) is 5.13. The largest absolute Gasteiger partial charge is 0.444 e. The van der Waals surface area contributed by atoms with Crippen LogP contribution in [0.3, 0.4) is 0 Å². The fourth-order valence-corrected chi connectivity index (χ4v) is 2.27. The smallest absolute Gasteiger partial charge is 0.292 e. The molecule has 0 radical (unpaired) electrons. The molecule has 0 fully saturated rings. The van der Waals surface area contributed by atoms with Crippen LogP contribution in [0.1, 0.15) is 11.3 Å². The summed E-state index contributed by atoms with van der Waals surface area (Å²) < 4.78 is 5.44. The molecular weight excluding hydrogens is 310 g/mol. The van der Waals surface area contributed by atoms with Crippen LogP contribution >= 0.6 is 0 Å². The van der Waals surface area contributed by atoms with Gasteiger partial charge < -0.3 is 14.8 Å². The molecular formula is C17H15N3O4. The molecule has 0 aliphatic carbocycles. The van der Waals surface area contributed by atoms with E-state index in [4.69, 9.17) is 4.42 Å². The normalized spacial score (nSPS) is 10.5. The van der Waals surface area contributed by atoms with E-state index in [9.17, 15) is 15.2 Å². The molecule has 7 heteroatoms. The highest BCUT2D eigenvalue weighted by Crippen LogP contribution is 2.26. The van der Waals surface area contributed by atoms with Gasteiger partial charge in [0.15, 0.2) is 0 Å². The van der Waals surface area contributed by atoms with E-state index < -0.39 is 4.92 Å². The molecule has 0 bridgehead atoms. The number of hydrogen-bond donors (Lipinski definition) is 2. The van der Waals surface area contributed by atoms with Crippen molar-refractivity contribution in [1.82, 2.24) is 4.98 Å². The van der Waals surface area contributed by atoms with Crippen LogP contribution in [0.5, 0.6) is 0 Å². The number of nitrogens with zero attached hydrogens (tertiary/aromatic N) is 2. The quantitative estimate of drug-likeness (QED) is 0.532. The average molecular weight is 325 g/mol. The van der Waals surface area contributed by atoms with E-state index in [0.717, 1.165) is 5.56 Å². The van der Waals surface area contributed by atoms with Gasteiger partial charge in [-0.1, -0.05) is 18.2 Å². The maximum atomic E-state index is 11.1. The Hall–Kier alpha value is -3.19. The molecule has 0 aliphatic rings. The third-order valence-corrected chi connectivity index (χ3v) is 3.47.